The molecule has 1 saturated carbocycles. The molecular weight excluding hydrogens is 476 g/mol. The second-order valence-corrected chi connectivity index (χ2v) is 8.19. The van der Waals surface area contributed by atoms with E-state index in [1.807, 2.05) is 0 Å². The largest absolute Gasteiger partial charge is 0.573 e. The molecule has 1 aliphatic carbocycles. The van der Waals surface area contributed by atoms with Gasteiger partial charge < -0.3 is 14.6 Å². The minimum atomic E-state index is -4.89. The van der Waals surface area contributed by atoms with E-state index in [-0.39, 0.29) is 28.9 Å². The molecule has 174 valence electrons. The Morgan fingerprint density at radius 1 is 1.22 bits per heavy atom. The van der Waals surface area contributed by atoms with Gasteiger partial charge in [0.15, 0.2) is 16.8 Å². The Labute approximate surface area is 190 Å². The number of carboxylic acid groups (broad SMARTS) is 1. The maximum Gasteiger partial charge on any atom is 0.573 e. The first-order valence-electron chi connectivity index (χ1n) is 9.78. The van der Waals surface area contributed by atoms with Crippen molar-refractivity contribution in [2.75, 3.05) is 0 Å². The van der Waals surface area contributed by atoms with Gasteiger partial charge >= 0.3 is 12.3 Å². The molecule has 1 unspecified atom stereocenters. The van der Waals surface area contributed by atoms with Gasteiger partial charge in [0.1, 0.15) is 11.5 Å². The number of ether oxygens (including phenoxy) is 2. The van der Waals surface area contributed by atoms with E-state index in [9.17, 15) is 27.9 Å². The zero-order chi connectivity index (χ0) is 23.5. The van der Waals surface area contributed by atoms with Crippen LogP contribution < -0.4 is 15.0 Å². The molecule has 0 spiro atoms. The van der Waals surface area contributed by atoms with Crippen molar-refractivity contribution in [2.24, 2.45) is 5.92 Å². The molecule has 2 aromatic rings. The van der Waals surface area contributed by atoms with Gasteiger partial charge in [-0.1, -0.05) is 55.3 Å². The molecule has 12 heteroatoms. The van der Waals surface area contributed by atoms with Gasteiger partial charge in [0.05, 0.1) is 11.2 Å². The Morgan fingerprint density at radius 3 is 2.50 bits per heavy atom. The van der Waals surface area contributed by atoms with Crippen molar-refractivity contribution in [3.8, 4) is 17.2 Å². The fraction of sp³-hybridized carbons (Fsp3) is 0.450. The molecule has 1 aliphatic rings. The van der Waals surface area contributed by atoms with Crippen molar-refractivity contribution in [2.45, 2.75) is 50.9 Å². The molecule has 3 rings (SSSR count). The van der Waals surface area contributed by atoms with Crippen LogP contribution in [0, 0.1) is 5.92 Å². The first kappa shape index (κ1) is 24.2. The van der Waals surface area contributed by atoms with Crippen molar-refractivity contribution in [1.29, 1.82) is 0 Å². The molecule has 1 aromatic heterocycles. The summed E-state index contributed by atoms with van der Waals surface area (Å²) in [4.78, 5) is 24.5. The Kier molecular flexibility index (Phi) is 7.55. The Hall–Kier alpha value is -2.46. The molecule has 1 aromatic carbocycles. The summed E-state index contributed by atoms with van der Waals surface area (Å²) in [5.41, 5.74) is -0.861. The maximum atomic E-state index is 12.7. The summed E-state index contributed by atoms with van der Waals surface area (Å²) in [5.74, 6) is -1.90. The van der Waals surface area contributed by atoms with Gasteiger partial charge in [0, 0.05) is 6.07 Å². The second-order valence-electron chi connectivity index (χ2n) is 7.41. The van der Waals surface area contributed by atoms with Crippen LogP contribution in [0.3, 0.4) is 0 Å². The monoisotopic (exact) mass is 494 g/mol. The first-order valence-corrected chi connectivity index (χ1v) is 10.5. The maximum absolute atomic E-state index is 12.7. The van der Waals surface area contributed by atoms with Crippen LogP contribution in [0.2, 0.25) is 10.0 Å². The van der Waals surface area contributed by atoms with Crippen LogP contribution in [-0.2, 0) is 4.79 Å². The quantitative estimate of drug-likeness (QED) is 0.520. The number of nitrogens with zero attached hydrogens (tertiary/aromatic N) is 2. The topological polar surface area (TPSA) is 90.7 Å². The van der Waals surface area contributed by atoms with Crippen molar-refractivity contribution < 1.29 is 32.5 Å². The molecule has 0 saturated heterocycles. The minimum absolute atomic E-state index is 0.0981. The fourth-order valence-corrected chi connectivity index (χ4v) is 4.03. The Morgan fingerprint density at radius 2 is 1.91 bits per heavy atom. The van der Waals surface area contributed by atoms with E-state index in [1.165, 1.54) is 0 Å². The van der Waals surface area contributed by atoms with E-state index >= 15 is 0 Å². The van der Waals surface area contributed by atoms with Crippen molar-refractivity contribution in [3.63, 3.8) is 0 Å². The molecule has 1 N–H and O–H groups in total. The number of aromatic nitrogens is 2. The van der Waals surface area contributed by atoms with Crippen LogP contribution in [0.15, 0.2) is 29.2 Å². The SMILES string of the molecule is O=C(O)C(CC1CCCCC1)n1ncc(Oc2ccc(OC(F)(F)F)cc2Cl)c(Cl)c1=O. The number of benzene rings is 1. The van der Waals surface area contributed by atoms with E-state index in [1.54, 1.807) is 0 Å². The van der Waals surface area contributed by atoms with Crippen LogP contribution in [0.4, 0.5) is 13.2 Å². The standard InChI is InChI=1S/C20H19Cl2F3N2O5/c21-13-9-12(32-20(23,24)25)6-7-15(13)31-16-10-26-27(18(28)17(16)22)14(19(29)30)8-11-4-2-1-3-5-11/h6-7,9-11,14H,1-5,8H2,(H,29,30). The van der Waals surface area contributed by atoms with Crippen molar-refractivity contribution in [3.05, 3.63) is 44.8 Å². The van der Waals surface area contributed by atoms with E-state index in [0.29, 0.717) is 0 Å². The van der Waals surface area contributed by atoms with Gasteiger partial charge in [0.25, 0.3) is 5.56 Å². The molecule has 0 amide bonds. The Bertz CT molecular complexity index is 1040. The van der Waals surface area contributed by atoms with Gasteiger partial charge in [-0.3, -0.25) is 4.79 Å². The predicted molar refractivity (Wildman–Crippen MR) is 110 cm³/mol. The molecular formula is C20H19Cl2F3N2O5. The number of carbonyl (C=O) groups is 1. The summed E-state index contributed by atoms with van der Waals surface area (Å²) in [7, 11) is 0. The molecule has 32 heavy (non-hydrogen) atoms. The number of rotatable bonds is 7. The minimum Gasteiger partial charge on any atom is -0.480 e. The zero-order valence-electron chi connectivity index (χ0n) is 16.6. The van der Waals surface area contributed by atoms with Crippen LogP contribution in [0.25, 0.3) is 0 Å². The molecule has 1 fully saturated rings. The molecule has 0 radical (unpaired) electrons. The highest BCUT2D eigenvalue weighted by molar-refractivity contribution is 6.32. The van der Waals surface area contributed by atoms with E-state index in [2.05, 4.69) is 9.84 Å². The zero-order valence-corrected chi connectivity index (χ0v) is 18.1. The highest BCUT2D eigenvalue weighted by atomic mass is 35.5. The lowest BCUT2D eigenvalue weighted by Gasteiger charge is -2.25. The lowest BCUT2D eigenvalue weighted by atomic mass is 9.85. The molecule has 1 atom stereocenters. The summed E-state index contributed by atoms with van der Waals surface area (Å²) < 4.78 is 47.0. The van der Waals surface area contributed by atoms with Gasteiger partial charge in [-0.2, -0.15) is 5.10 Å². The van der Waals surface area contributed by atoms with Gasteiger partial charge in [-0.15, -0.1) is 13.2 Å². The molecule has 7 nitrogen and oxygen atoms in total. The lowest BCUT2D eigenvalue weighted by molar-refractivity contribution is -0.274. The molecule has 0 bridgehead atoms. The van der Waals surface area contributed by atoms with Crippen LogP contribution in [-0.4, -0.2) is 27.2 Å². The normalized spacial score (nSPS) is 15.9. The van der Waals surface area contributed by atoms with Crippen molar-refractivity contribution >= 4 is 29.2 Å². The highest BCUT2D eigenvalue weighted by Gasteiger charge is 2.31. The number of alkyl halides is 3. The van der Waals surface area contributed by atoms with Gasteiger partial charge in [-0.05, 0) is 24.5 Å². The Balaban J connectivity index is 1.82. The fourth-order valence-electron chi connectivity index (χ4n) is 3.65. The summed E-state index contributed by atoms with van der Waals surface area (Å²) in [5, 5.41) is 12.9. The van der Waals surface area contributed by atoms with Gasteiger partial charge in [0.2, 0.25) is 0 Å². The summed E-state index contributed by atoms with van der Waals surface area (Å²) in [6, 6.07) is 1.79. The third-order valence-electron chi connectivity index (χ3n) is 5.13. The van der Waals surface area contributed by atoms with Crippen LogP contribution >= 0.6 is 23.2 Å². The molecule has 0 aliphatic heterocycles. The first-order chi connectivity index (χ1) is 15.0. The second kappa shape index (κ2) is 9.99. The van der Waals surface area contributed by atoms with E-state index < -0.39 is 34.7 Å². The predicted octanol–water partition coefficient (Wildman–Crippen LogP) is 5.84. The highest BCUT2D eigenvalue weighted by Crippen LogP contribution is 2.36. The van der Waals surface area contributed by atoms with Crippen LogP contribution in [0.5, 0.6) is 17.2 Å². The smallest absolute Gasteiger partial charge is 0.480 e. The molecule has 1 heterocycles. The third-order valence-corrected chi connectivity index (χ3v) is 5.77. The summed E-state index contributed by atoms with van der Waals surface area (Å²) in [6.07, 6.45) is 1.35. The van der Waals surface area contributed by atoms with Crippen molar-refractivity contribution in [1.82, 2.24) is 9.78 Å². The number of carboxylic acids is 1. The number of hydrogen-bond donors (Lipinski definition) is 1. The number of aliphatic carboxylic acids is 1. The van der Waals surface area contributed by atoms with Crippen LogP contribution in [0.1, 0.15) is 44.6 Å². The average molecular weight is 495 g/mol. The lowest BCUT2D eigenvalue weighted by Crippen LogP contribution is -2.34. The summed E-state index contributed by atoms with van der Waals surface area (Å²) >= 11 is 12.0. The van der Waals surface area contributed by atoms with Gasteiger partial charge in [-0.25, -0.2) is 9.48 Å². The van der Waals surface area contributed by atoms with E-state index in [0.717, 1.165) is 61.2 Å². The third kappa shape index (κ3) is 6.07. The average Bonchev–Trinajstić information content (AvgIpc) is 2.71. The summed E-state index contributed by atoms with van der Waals surface area (Å²) in [6.45, 7) is 0. The number of halogens is 5. The van der Waals surface area contributed by atoms with E-state index in [4.69, 9.17) is 27.9 Å². The number of hydrogen-bond acceptors (Lipinski definition) is 5.